The molecule has 2 N–H and O–H groups in total. The summed E-state index contributed by atoms with van der Waals surface area (Å²) in [5.41, 5.74) is -3.06. The minimum Gasteiger partial charge on any atom is -0.478 e. The summed E-state index contributed by atoms with van der Waals surface area (Å²) in [6, 6.07) is 9.76. The standard InChI is InChI=1S/C21H10O9/c22-17(13-7-11-5-9(18(23)24)1-3-15(11)29-20(13)27)14-8-12-6-10(19(25)26)2-4-16(12)30-21(14)28/h1-8H,(H,23,24)(H,25,26). The van der Waals surface area contributed by atoms with Crippen LogP contribution in [0.1, 0.15) is 36.6 Å². The molecule has 0 spiro atoms. The van der Waals surface area contributed by atoms with E-state index in [4.69, 9.17) is 19.0 Å². The molecule has 0 radical (unpaired) electrons. The molecule has 0 aliphatic heterocycles. The molecule has 9 heteroatoms. The Morgan fingerprint density at radius 1 is 0.633 bits per heavy atom. The van der Waals surface area contributed by atoms with E-state index in [-0.39, 0.29) is 33.1 Å². The predicted molar refractivity (Wildman–Crippen MR) is 102 cm³/mol. The van der Waals surface area contributed by atoms with E-state index < -0.39 is 40.1 Å². The zero-order chi connectivity index (χ0) is 21.6. The number of benzene rings is 2. The van der Waals surface area contributed by atoms with E-state index in [1.165, 1.54) is 36.4 Å². The Morgan fingerprint density at radius 3 is 1.40 bits per heavy atom. The van der Waals surface area contributed by atoms with E-state index in [0.717, 1.165) is 12.1 Å². The largest absolute Gasteiger partial charge is 0.478 e. The lowest BCUT2D eigenvalue weighted by Crippen LogP contribution is -2.21. The number of hydrogen-bond acceptors (Lipinski definition) is 7. The molecule has 0 amide bonds. The molecule has 30 heavy (non-hydrogen) atoms. The van der Waals surface area contributed by atoms with Gasteiger partial charge in [0.05, 0.1) is 11.1 Å². The number of ketones is 1. The number of aromatic carboxylic acids is 2. The van der Waals surface area contributed by atoms with Gasteiger partial charge in [0.2, 0.25) is 5.78 Å². The highest BCUT2D eigenvalue weighted by molar-refractivity contribution is 6.11. The van der Waals surface area contributed by atoms with Crippen LogP contribution in [-0.2, 0) is 0 Å². The van der Waals surface area contributed by atoms with Gasteiger partial charge < -0.3 is 19.0 Å². The number of fused-ring (bicyclic) bond motifs is 2. The molecule has 0 fully saturated rings. The van der Waals surface area contributed by atoms with Gasteiger partial charge in [-0.05, 0) is 48.5 Å². The number of carbonyl (C=O) groups is 3. The van der Waals surface area contributed by atoms with Gasteiger partial charge in [-0.3, -0.25) is 4.79 Å². The van der Waals surface area contributed by atoms with Crippen LogP contribution in [0.2, 0.25) is 0 Å². The summed E-state index contributed by atoms with van der Waals surface area (Å²) in [6.07, 6.45) is 0. The molecule has 2 aromatic heterocycles. The molecule has 9 nitrogen and oxygen atoms in total. The lowest BCUT2D eigenvalue weighted by atomic mass is 10.0. The van der Waals surface area contributed by atoms with Crippen LogP contribution in [0.15, 0.2) is 67.0 Å². The molecule has 4 aromatic rings. The summed E-state index contributed by atoms with van der Waals surface area (Å²) < 4.78 is 10.1. The van der Waals surface area contributed by atoms with Crippen LogP contribution in [-0.4, -0.2) is 27.9 Å². The van der Waals surface area contributed by atoms with E-state index >= 15 is 0 Å². The molecular formula is C21H10O9. The third-order valence-corrected chi connectivity index (χ3v) is 4.45. The van der Waals surface area contributed by atoms with Crippen LogP contribution in [0.25, 0.3) is 21.9 Å². The van der Waals surface area contributed by atoms with Crippen molar-refractivity contribution in [3.63, 3.8) is 0 Å². The van der Waals surface area contributed by atoms with Crippen LogP contribution in [0.5, 0.6) is 0 Å². The van der Waals surface area contributed by atoms with E-state index in [1.807, 2.05) is 0 Å². The van der Waals surface area contributed by atoms with Crippen molar-refractivity contribution in [1.29, 1.82) is 0 Å². The van der Waals surface area contributed by atoms with E-state index in [9.17, 15) is 24.0 Å². The first-order valence-electron chi connectivity index (χ1n) is 8.42. The monoisotopic (exact) mass is 406 g/mol. The fourth-order valence-corrected chi connectivity index (χ4v) is 2.97. The van der Waals surface area contributed by atoms with Crippen LogP contribution in [0, 0.1) is 0 Å². The van der Waals surface area contributed by atoms with Gasteiger partial charge in [0.25, 0.3) is 0 Å². The average molecular weight is 406 g/mol. The van der Waals surface area contributed by atoms with Gasteiger partial charge in [-0.25, -0.2) is 19.2 Å². The highest BCUT2D eigenvalue weighted by Crippen LogP contribution is 2.20. The van der Waals surface area contributed by atoms with Crippen molar-refractivity contribution in [1.82, 2.24) is 0 Å². The lowest BCUT2D eigenvalue weighted by molar-refractivity contribution is 0.0686. The summed E-state index contributed by atoms with van der Waals surface area (Å²) in [5, 5.41) is 18.6. The van der Waals surface area contributed by atoms with Gasteiger partial charge in [0.1, 0.15) is 22.3 Å². The minimum atomic E-state index is -1.21. The summed E-state index contributed by atoms with van der Waals surface area (Å²) in [6.45, 7) is 0. The fraction of sp³-hybridized carbons (Fsp3) is 0. The van der Waals surface area contributed by atoms with Crippen LogP contribution >= 0.6 is 0 Å². The van der Waals surface area contributed by atoms with Crippen LogP contribution < -0.4 is 11.3 Å². The van der Waals surface area contributed by atoms with Crippen LogP contribution in [0.3, 0.4) is 0 Å². The van der Waals surface area contributed by atoms with Crippen molar-refractivity contribution in [3.05, 3.63) is 91.6 Å². The maximum atomic E-state index is 12.9. The molecule has 0 saturated heterocycles. The van der Waals surface area contributed by atoms with Crippen molar-refractivity contribution in [2.24, 2.45) is 0 Å². The molecule has 0 aliphatic rings. The van der Waals surface area contributed by atoms with Crippen molar-refractivity contribution in [2.75, 3.05) is 0 Å². The fourth-order valence-electron chi connectivity index (χ4n) is 2.97. The number of carboxylic acids is 2. The smallest absolute Gasteiger partial charge is 0.347 e. The van der Waals surface area contributed by atoms with E-state index in [1.54, 1.807) is 0 Å². The van der Waals surface area contributed by atoms with Crippen molar-refractivity contribution >= 4 is 39.7 Å². The maximum absolute atomic E-state index is 12.9. The predicted octanol–water partition coefficient (Wildman–Crippen LogP) is 2.53. The number of carbonyl (C=O) groups excluding carboxylic acids is 1. The summed E-state index contributed by atoms with van der Waals surface area (Å²) in [4.78, 5) is 59.7. The van der Waals surface area contributed by atoms with Gasteiger partial charge in [0, 0.05) is 10.8 Å². The number of rotatable bonds is 4. The first-order chi connectivity index (χ1) is 14.2. The second-order valence-corrected chi connectivity index (χ2v) is 6.34. The summed E-state index contributed by atoms with van der Waals surface area (Å²) in [5.74, 6) is -3.41. The number of hydrogen-bond donors (Lipinski definition) is 2. The first kappa shape index (κ1) is 18.8. The zero-order valence-electron chi connectivity index (χ0n) is 14.9. The Labute approximate surface area is 165 Å². The molecule has 2 heterocycles. The molecule has 148 valence electrons. The number of carboxylic acid groups (broad SMARTS) is 2. The Bertz CT molecular complexity index is 1390. The third kappa shape index (κ3) is 3.14. The minimum absolute atomic E-state index is 0.0678. The Morgan fingerprint density at radius 2 is 1.03 bits per heavy atom. The van der Waals surface area contributed by atoms with Crippen molar-refractivity contribution in [2.45, 2.75) is 0 Å². The van der Waals surface area contributed by atoms with Gasteiger partial charge in [0.15, 0.2) is 0 Å². The van der Waals surface area contributed by atoms with Crippen molar-refractivity contribution < 1.29 is 33.4 Å². The van der Waals surface area contributed by atoms with Gasteiger partial charge >= 0.3 is 23.2 Å². The van der Waals surface area contributed by atoms with Crippen molar-refractivity contribution in [3.8, 4) is 0 Å². The highest BCUT2D eigenvalue weighted by atomic mass is 16.4. The molecule has 0 atom stereocenters. The van der Waals surface area contributed by atoms with Crippen LogP contribution in [0.4, 0.5) is 0 Å². The molecule has 0 aliphatic carbocycles. The Hall–Kier alpha value is -4.53. The van der Waals surface area contributed by atoms with Gasteiger partial charge in [-0.2, -0.15) is 0 Å². The highest BCUT2D eigenvalue weighted by Gasteiger charge is 2.21. The summed E-state index contributed by atoms with van der Waals surface area (Å²) >= 11 is 0. The molecule has 0 bridgehead atoms. The van der Waals surface area contributed by atoms with E-state index in [2.05, 4.69) is 0 Å². The second-order valence-electron chi connectivity index (χ2n) is 6.34. The third-order valence-electron chi connectivity index (χ3n) is 4.45. The zero-order valence-corrected chi connectivity index (χ0v) is 14.9. The Balaban J connectivity index is 1.89. The first-order valence-corrected chi connectivity index (χ1v) is 8.42. The molecular weight excluding hydrogens is 396 g/mol. The lowest BCUT2D eigenvalue weighted by Gasteiger charge is -2.04. The second kappa shape index (κ2) is 6.82. The molecule has 4 rings (SSSR count). The average Bonchev–Trinajstić information content (AvgIpc) is 2.71. The van der Waals surface area contributed by atoms with Gasteiger partial charge in [-0.15, -0.1) is 0 Å². The van der Waals surface area contributed by atoms with Gasteiger partial charge in [-0.1, -0.05) is 0 Å². The summed E-state index contributed by atoms with van der Waals surface area (Å²) in [7, 11) is 0. The van der Waals surface area contributed by atoms with E-state index in [0.29, 0.717) is 0 Å². The normalized spacial score (nSPS) is 10.9. The quantitative estimate of drug-likeness (QED) is 0.384. The topological polar surface area (TPSA) is 152 Å². The maximum Gasteiger partial charge on any atom is 0.347 e. The SMILES string of the molecule is O=C(O)c1ccc2oc(=O)c(C(=O)c3cc4cc(C(=O)O)ccc4oc3=O)cc2c1. The Kier molecular flexibility index (Phi) is 4.27. The molecule has 0 unspecified atom stereocenters. The molecule has 2 aromatic carbocycles. The molecule has 0 saturated carbocycles.